The van der Waals surface area contributed by atoms with Crippen molar-refractivity contribution < 1.29 is 4.79 Å². The van der Waals surface area contributed by atoms with Crippen LogP contribution in [0.3, 0.4) is 0 Å². The van der Waals surface area contributed by atoms with Gasteiger partial charge < -0.3 is 5.32 Å². The Morgan fingerprint density at radius 2 is 2.32 bits per heavy atom. The van der Waals surface area contributed by atoms with E-state index in [0.29, 0.717) is 5.11 Å². The number of hydrogen-bond donors (Lipinski definition) is 1. The standard InChI is InChI=1S/C13H18N2OS3/c1-8-4-5-11(19-8)9(2)15-12(16)10(6-7-18-3)14-13(15)17/h4-5,9-10H,6-7H2,1-3H3,(H,14,17)/t9-,10+/m0/s1. The van der Waals surface area contributed by atoms with Crippen molar-refractivity contribution in [2.45, 2.75) is 32.4 Å². The third-order valence-electron chi connectivity index (χ3n) is 3.22. The molecule has 2 rings (SSSR count). The first-order chi connectivity index (χ1) is 9.04. The number of carbonyl (C=O) groups is 1. The van der Waals surface area contributed by atoms with Gasteiger partial charge in [0.25, 0.3) is 5.91 Å². The van der Waals surface area contributed by atoms with Crippen LogP contribution in [0.15, 0.2) is 12.1 Å². The van der Waals surface area contributed by atoms with Gasteiger partial charge in [-0.15, -0.1) is 11.3 Å². The molecule has 1 amide bonds. The Kier molecular flexibility index (Phi) is 4.86. The number of thiophene rings is 1. The minimum Gasteiger partial charge on any atom is -0.350 e. The van der Waals surface area contributed by atoms with E-state index in [1.165, 1.54) is 9.75 Å². The number of rotatable bonds is 5. The summed E-state index contributed by atoms with van der Waals surface area (Å²) < 4.78 is 0. The lowest BCUT2D eigenvalue weighted by Crippen LogP contribution is -2.33. The highest BCUT2D eigenvalue weighted by Gasteiger charge is 2.38. The maximum atomic E-state index is 12.4. The Labute approximate surface area is 127 Å². The Balaban J connectivity index is 2.11. The quantitative estimate of drug-likeness (QED) is 0.847. The van der Waals surface area contributed by atoms with Crippen LogP contribution in [0.5, 0.6) is 0 Å². The first-order valence-electron chi connectivity index (χ1n) is 6.23. The van der Waals surface area contributed by atoms with E-state index >= 15 is 0 Å². The zero-order valence-corrected chi connectivity index (χ0v) is 13.8. The van der Waals surface area contributed by atoms with Crippen molar-refractivity contribution in [3.8, 4) is 0 Å². The van der Waals surface area contributed by atoms with Crippen LogP contribution < -0.4 is 5.32 Å². The zero-order valence-electron chi connectivity index (χ0n) is 11.3. The molecule has 1 fully saturated rings. The van der Waals surface area contributed by atoms with Crippen molar-refractivity contribution in [2.24, 2.45) is 0 Å². The van der Waals surface area contributed by atoms with Gasteiger partial charge in [-0.3, -0.25) is 9.69 Å². The van der Waals surface area contributed by atoms with E-state index in [9.17, 15) is 4.79 Å². The van der Waals surface area contributed by atoms with E-state index < -0.39 is 0 Å². The molecular weight excluding hydrogens is 296 g/mol. The van der Waals surface area contributed by atoms with Gasteiger partial charge in [-0.2, -0.15) is 11.8 Å². The number of carbonyl (C=O) groups excluding carboxylic acids is 1. The lowest BCUT2D eigenvalue weighted by atomic mass is 10.2. The van der Waals surface area contributed by atoms with Crippen molar-refractivity contribution in [1.29, 1.82) is 0 Å². The van der Waals surface area contributed by atoms with Gasteiger partial charge in [0.1, 0.15) is 6.04 Å². The Hall–Kier alpha value is -0.590. The topological polar surface area (TPSA) is 32.3 Å². The Bertz CT molecular complexity index is 486. The average molecular weight is 315 g/mol. The molecule has 1 N–H and O–H groups in total. The number of thiocarbonyl (C=S) groups is 1. The summed E-state index contributed by atoms with van der Waals surface area (Å²) in [5, 5.41) is 3.71. The van der Waals surface area contributed by atoms with Crippen molar-refractivity contribution in [3.05, 3.63) is 21.9 Å². The molecule has 6 heteroatoms. The molecule has 1 aromatic heterocycles. The number of thioether (sulfide) groups is 1. The van der Waals surface area contributed by atoms with E-state index in [1.807, 2.05) is 13.2 Å². The van der Waals surface area contributed by atoms with E-state index in [4.69, 9.17) is 12.2 Å². The minimum absolute atomic E-state index is 0.0190. The second kappa shape index (κ2) is 6.24. The van der Waals surface area contributed by atoms with Crippen LogP contribution in [0, 0.1) is 6.92 Å². The highest BCUT2D eigenvalue weighted by Crippen LogP contribution is 2.30. The molecule has 2 heterocycles. The van der Waals surface area contributed by atoms with Gasteiger partial charge >= 0.3 is 0 Å². The van der Waals surface area contributed by atoms with E-state index in [2.05, 4.69) is 24.4 Å². The fourth-order valence-electron chi connectivity index (χ4n) is 2.15. The molecule has 1 aliphatic heterocycles. The highest BCUT2D eigenvalue weighted by atomic mass is 32.2. The van der Waals surface area contributed by atoms with Crippen molar-refractivity contribution in [1.82, 2.24) is 10.2 Å². The van der Waals surface area contributed by atoms with Crippen LogP contribution in [0.4, 0.5) is 0 Å². The normalized spacial score (nSPS) is 20.8. The predicted octanol–water partition coefficient (Wildman–Crippen LogP) is 2.96. The van der Waals surface area contributed by atoms with Crippen molar-refractivity contribution in [3.63, 3.8) is 0 Å². The monoisotopic (exact) mass is 314 g/mol. The zero-order chi connectivity index (χ0) is 14.0. The van der Waals surface area contributed by atoms with Crippen molar-refractivity contribution in [2.75, 3.05) is 12.0 Å². The van der Waals surface area contributed by atoms with Gasteiger partial charge in [-0.1, -0.05) is 0 Å². The average Bonchev–Trinajstić information content (AvgIpc) is 2.91. The molecule has 2 atom stereocenters. The van der Waals surface area contributed by atoms with Crippen molar-refractivity contribution >= 4 is 46.3 Å². The van der Waals surface area contributed by atoms with E-state index in [-0.39, 0.29) is 18.0 Å². The highest BCUT2D eigenvalue weighted by molar-refractivity contribution is 7.98. The van der Waals surface area contributed by atoms with E-state index in [0.717, 1.165) is 12.2 Å². The van der Waals surface area contributed by atoms with Gasteiger partial charge in [0.05, 0.1) is 6.04 Å². The summed E-state index contributed by atoms with van der Waals surface area (Å²) in [4.78, 5) is 16.6. The number of amides is 1. The number of aryl methyl sites for hydroxylation is 1. The molecule has 1 aliphatic rings. The summed E-state index contributed by atoms with van der Waals surface area (Å²) in [5.74, 6) is 1.07. The molecule has 19 heavy (non-hydrogen) atoms. The molecule has 0 saturated carbocycles. The summed E-state index contributed by atoms with van der Waals surface area (Å²) >= 11 is 8.79. The van der Waals surface area contributed by atoms with E-state index in [1.54, 1.807) is 28.0 Å². The fourth-order valence-corrected chi connectivity index (χ4v) is 3.93. The van der Waals surface area contributed by atoms with Crippen LogP contribution in [-0.4, -0.2) is 34.0 Å². The van der Waals surface area contributed by atoms with Crippen LogP contribution in [0.2, 0.25) is 0 Å². The number of nitrogens with one attached hydrogen (secondary N) is 1. The Morgan fingerprint density at radius 3 is 2.89 bits per heavy atom. The van der Waals surface area contributed by atoms with Gasteiger partial charge in [-0.25, -0.2) is 0 Å². The maximum absolute atomic E-state index is 12.4. The molecule has 0 radical (unpaired) electrons. The molecule has 0 spiro atoms. The summed E-state index contributed by atoms with van der Waals surface area (Å²) in [6.07, 6.45) is 2.87. The minimum atomic E-state index is -0.150. The second-order valence-corrected chi connectivity index (χ2v) is 7.31. The van der Waals surface area contributed by atoms with Gasteiger partial charge in [-0.05, 0) is 56.6 Å². The molecule has 3 nitrogen and oxygen atoms in total. The lowest BCUT2D eigenvalue weighted by Gasteiger charge is -2.22. The third-order valence-corrected chi connectivity index (χ3v) is 5.35. The smallest absolute Gasteiger partial charge is 0.251 e. The molecule has 104 valence electrons. The van der Waals surface area contributed by atoms with Gasteiger partial charge in [0.2, 0.25) is 0 Å². The summed E-state index contributed by atoms with van der Waals surface area (Å²) in [5.41, 5.74) is 0. The molecule has 0 unspecified atom stereocenters. The second-order valence-electron chi connectivity index (χ2n) is 4.62. The predicted molar refractivity (Wildman–Crippen MR) is 86.8 cm³/mol. The SMILES string of the molecule is CSCC[C@H]1NC(=S)N([C@@H](C)c2ccc(C)s2)C1=O. The van der Waals surface area contributed by atoms with Crippen LogP contribution in [0.25, 0.3) is 0 Å². The first kappa shape index (κ1) is 14.8. The molecule has 1 saturated heterocycles. The largest absolute Gasteiger partial charge is 0.350 e. The summed E-state index contributed by atoms with van der Waals surface area (Å²) in [6, 6.07) is 4.03. The molecular formula is C13H18N2OS3. The molecule has 0 aromatic carbocycles. The molecule has 0 bridgehead atoms. The first-order valence-corrected chi connectivity index (χ1v) is 8.85. The Morgan fingerprint density at radius 1 is 1.58 bits per heavy atom. The third kappa shape index (κ3) is 3.12. The number of nitrogens with zero attached hydrogens (tertiary/aromatic N) is 1. The van der Waals surface area contributed by atoms with Crippen LogP contribution in [0.1, 0.15) is 29.1 Å². The molecule has 1 aromatic rings. The molecule has 0 aliphatic carbocycles. The lowest BCUT2D eigenvalue weighted by molar-refractivity contribution is -0.128. The van der Waals surface area contributed by atoms with Gasteiger partial charge in [0.15, 0.2) is 5.11 Å². The maximum Gasteiger partial charge on any atom is 0.251 e. The summed E-state index contributed by atoms with van der Waals surface area (Å²) in [6.45, 7) is 4.11. The van der Waals surface area contributed by atoms with Crippen LogP contribution in [-0.2, 0) is 4.79 Å². The fraction of sp³-hybridized carbons (Fsp3) is 0.538. The van der Waals surface area contributed by atoms with Crippen LogP contribution >= 0.6 is 35.3 Å². The summed E-state index contributed by atoms with van der Waals surface area (Å²) in [7, 11) is 0. The van der Waals surface area contributed by atoms with Gasteiger partial charge in [0, 0.05) is 9.75 Å². The number of hydrogen-bond acceptors (Lipinski definition) is 4.